The van der Waals surface area contributed by atoms with E-state index in [9.17, 15) is 9.90 Å². The maximum absolute atomic E-state index is 10.5. The van der Waals surface area contributed by atoms with Crippen LogP contribution in [0.5, 0.6) is 5.75 Å². The molecule has 1 N–H and O–H groups in total. The zero-order valence-electron chi connectivity index (χ0n) is 11.0. The second-order valence-electron chi connectivity index (χ2n) is 5.23. The van der Waals surface area contributed by atoms with E-state index in [1.165, 1.54) is 0 Å². The van der Waals surface area contributed by atoms with E-state index in [2.05, 4.69) is 4.99 Å². The molecule has 0 bridgehead atoms. The van der Waals surface area contributed by atoms with Crippen LogP contribution >= 0.6 is 0 Å². The summed E-state index contributed by atoms with van der Waals surface area (Å²) in [5.41, 5.74) is 2.20. The number of aryl methyl sites for hydroxylation is 1. The maximum atomic E-state index is 10.5. The summed E-state index contributed by atoms with van der Waals surface area (Å²) in [7, 11) is 3.92. The van der Waals surface area contributed by atoms with E-state index < -0.39 is 5.54 Å². The van der Waals surface area contributed by atoms with E-state index >= 15 is 0 Å². The van der Waals surface area contributed by atoms with E-state index in [0.29, 0.717) is 6.54 Å². The molecule has 0 heterocycles. The van der Waals surface area contributed by atoms with Gasteiger partial charge in [-0.25, -0.2) is 4.79 Å². The van der Waals surface area contributed by atoms with Crippen LogP contribution in [0.15, 0.2) is 17.1 Å². The molecule has 4 nitrogen and oxygen atoms in total. The third-order valence-electron chi connectivity index (χ3n) is 3.48. The molecule has 0 saturated heterocycles. The van der Waals surface area contributed by atoms with E-state index in [1.807, 2.05) is 38.1 Å². The number of isocyanates is 1. The highest BCUT2D eigenvalue weighted by molar-refractivity contribution is 5.52. The van der Waals surface area contributed by atoms with Gasteiger partial charge in [-0.2, -0.15) is 4.99 Å². The third-order valence-corrected chi connectivity index (χ3v) is 3.48. The topological polar surface area (TPSA) is 52.9 Å². The summed E-state index contributed by atoms with van der Waals surface area (Å²) < 4.78 is 0. The van der Waals surface area contributed by atoms with Crippen molar-refractivity contribution in [2.45, 2.75) is 31.8 Å². The first-order valence-corrected chi connectivity index (χ1v) is 6.06. The molecule has 0 unspecified atom stereocenters. The fourth-order valence-corrected chi connectivity index (χ4v) is 2.28. The average molecular weight is 246 g/mol. The fraction of sp³-hybridized carbons (Fsp3) is 0.500. The Labute approximate surface area is 107 Å². The zero-order valence-corrected chi connectivity index (χ0v) is 11.0. The van der Waals surface area contributed by atoms with Crippen molar-refractivity contribution in [1.82, 2.24) is 4.90 Å². The minimum atomic E-state index is -0.513. The van der Waals surface area contributed by atoms with Crippen LogP contribution in [0, 0.1) is 6.92 Å². The molecule has 1 aliphatic carbocycles. The van der Waals surface area contributed by atoms with Gasteiger partial charge in [0.05, 0.1) is 0 Å². The summed E-state index contributed by atoms with van der Waals surface area (Å²) in [6.07, 6.45) is 3.24. The molecule has 0 amide bonds. The van der Waals surface area contributed by atoms with E-state index in [-0.39, 0.29) is 5.75 Å². The highest BCUT2D eigenvalue weighted by Gasteiger charge is 2.47. The third kappa shape index (κ3) is 2.17. The molecule has 0 aromatic heterocycles. The molecule has 0 aliphatic heterocycles. The van der Waals surface area contributed by atoms with Crippen molar-refractivity contribution in [3.05, 3.63) is 28.8 Å². The van der Waals surface area contributed by atoms with Crippen molar-refractivity contribution in [3.63, 3.8) is 0 Å². The van der Waals surface area contributed by atoms with Crippen molar-refractivity contribution < 1.29 is 9.90 Å². The molecule has 1 fully saturated rings. The summed E-state index contributed by atoms with van der Waals surface area (Å²) >= 11 is 0. The molecular formula is C14H18N2O2. The summed E-state index contributed by atoms with van der Waals surface area (Å²) in [6.45, 7) is 2.65. The SMILES string of the molecule is Cc1ccc(C2(N=C=O)CC2)c(O)c1CN(C)C. The van der Waals surface area contributed by atoms with Gasteiger partial charge in [-0.3, -0.25) is 0 Å². The van der Waals surface area contributed by atoms with Gasteiger partial charge in [0.1, 0.15) is 11.3 Å². The zero-order chi connectivity index (χ0) is 13.3. The van der Waals surface area contributed by atoms with Crippen LogP contribution in [0.3, 0.4) is 0 Å². The smallest absolute Gasteiger partial charge is 0.235 e. The van der Waals surface area contributed by atoms with Crippen LogP contribution in [-0.2, 0) is 16.9 Å². The van der Waals surface area contributed by atoms with Gasteiger partial charge in [-0.15, -0.1) is 0 Å². The largest absolute Gasteiger partial charge is 0.507 e. The molecule has 96 valence electrons. The van der Waals surface area contributed by atoms with Gasteiger partial charge < -0.3 is 10.0 Å². The Balaban J connectivity index is 2.48. The second kappa shape index (κ2) is 4.56. The normalized spacial score (nSPS) is 16.4. The van der Waals surface area contributed by atoms with Gasteiger partial charge >= 0.3 is 0 Å². The Kier molecular flexibility index (Phi) is 3.24. The van der Waals surface area contributed by atoms with Crippen molar-refractivity contribution >= 4 is 6.08 Å². The van der Waals surface area contributed by atoms with Crippen molar-refractivity contribution in [2.75, 3.05) is 14.1 Å². The maximum Gasteiger partial charge on any atom is 0.235 e. The minimum Gasteiger partial charge on any atom is -0.507 e. The molecule has 1 saturated carbocycles. The standard InChI is InChI=1S/C14H18N2O2/c1-10-4-5-12(14(6-7-14)15-9-17)13(18)11(10)8-16(2)3/h4-5,18H,6-8H2,1-3H3. The highest BCUT2D eigenvalue weighted by Crippen LogP contribution is 2.52. The minimum absolute atomic E-state index is 0.278. The molecule has 18 heavy (non-hydrogen) atoms. The molecule has 0 spiro atoms. The first-order valence-electron chi connectivity index (χ1n) is 6.06. The monoisotopic (exact) mass is 246 g/mol. The number of aromatic hydroxyl groups is 1. The summed E-state index contributed by atoms with van der Waals surface area (Å²) in [4.78, 5) is 16.4. The van der Waals surface area contributed by atoms with Crippen LogP contribution in [-0.4, -0.2) is 30.2 Å². The Bertz CT molecular complexity index is 513. The highest BCUT2D eigenvalue weighted by atomic mass is 16.3. The van der Waals surface area contributed by atoms with Crippen LogP contribution < -0.4 is 0 Å². The van der Waals surface area contributed by atoms with Crippen LogP contribution in [0.1, 0.15) is 29.5 Å². The van der Waals surface area contributed by atoms with Gasteiger partial charge in [0, 0.05) is 17.7 Å². The predicted molar refractivity (Wildman–Crippen MR) is 69.3 cm³/mol. The fourth-order valence-electron chi connectivity index (χ4n) is 2.28. The van der Waals surface area contributed by atoms with Crippen molar-refractivity contribution in [2.24, 2.45) is 4.99 Å². The van der Waals surface area contributed by atoms with Gasteiger partial charge in [-0.05, 0) is 39.4 Å². The first-order chi connectivity index (χ1) is 8.50. The van der Waals surface area contributed by atoms with Crippen LogP contribution in [0.25, 0.3) is 0 Å². The summed E-state index contributed by atoms with van der Waals surface area (Å²) in [5, 5.41) is 10.4. The lowest BCUT2D eigenvalue weighted by Gasteiger charge is -2.18. The first kappa shape index (κ1) is 12.8. The van der Waals surface area contributed by atoms with Crippen LogP contribution in [0.4, 0.5) is 0 Å². The molecule has 1 aliphatic rings. The second-order valence-corrected chi connectivity index (χ2v) is 5.23. The summed E-state index contributed by atoms with van der Waals surface area (Å²) in [6, 6.07) is 3.85. The average Bonchev–Trinajstić information content (AvgIpc) is 3.05. The lowest BCUT2D eigenvalue weighted by Crippen LogP contribution is -2.13. The molecular weight excluding hydrogens is 228 g/mol. The number of phenols is 1. The lowest BCUT2D eigenvalue weighted by molar-refractivity contribution is 0.381. The van der Waals surface area contributed by atoms with Crippen molar-refractivity contribution in [1.29, 1.82) is 0 Å². The number of carbonyl (C=O) groups excluding carboxylic acids is 1. The Morgan fingerprint density at radius 1 is 1.44 bits per heavy atom. The number of phenolic OH excluding ortho intramolecular Hbond substituents is 1. The molecule has 4 heteroatoms. The summed E-state index contributed by atoms with van der Waals surface area (Å²) in [5.74, 6) is 0.278. The molecule has 0 atom stereocenters. The number of aliphatic imine (C=N–C) groups is 1. The van der Waals surface area contributed by atoms with Crippen molar-refractivity contribution in [3.8, 4) is 5.75 Å². The van der Waals surface area contributed by atoms with E-state index in [4.69, 9.17) is 0 Å². The Hall–Kier alpha value is -1.64. The lowest BCUT2D eigenvalue weighted by atomic mass is 9.97. The van der Waals surface area contributed by atoms with Gasteiger partial charge in [0.2, 0.25) is 6.08 Å². The predicted octanol–water partition coefficient (Wildman–Crippen LogP) is 2.09. The Morgan fingerprint density at radius 2 is 2.11 bits per heavy atom. The van der Waals surface area contributed by atoms with Gasteiger partial charge in [-0.1, -0.05) is 12.1 Å². The number of benzene rings is 1. The Morgan fingerprint density at radius 3 is 2.61 bits per heavy atom. The van der Waals surface area contributed by atoms with Gasteiger partial charge in [0.25, 0.3) is 0 Å². The van der Waals surface area contributed by atoms with E-state index in [0.717, 1.165) is 29.5 Å². The molecule has 1 aromatic carbocycles. The number of nitrogens with zero attached hydrogens (tertiary/aromatic N) is 2. The van der Waals surface area contributed by atoms with E-state index in [1.54, 1.807) is 6.08 Å². The molecule has 1 aromatic rings. The number of hydrogen-bond donors (Lipinski definition) is 1. The van der Waals surface area contributed by atoms with Crippen LogP contribution in [0.2, 0.25) is 0 Å². The van der Waals surface area contributed by atoms with Gasteiger partial charge in [0.15, 0.2) is 0 Å². The number of rotatable bonds is 4. The molecule has 0 radical (unpaired) electrons. The number of hydrogen-bond acceptors (Lipinski definition) is 4. The molecule has 2 rings (SSSR count). The quantitative estimate of drug-likeness (QED) is 0.653.